The van der Waals surface area contributed by atoms with E-state index in [1.165, 1.54) is 0 Å². The first-order valence-corrected chi connectivity index (χ1v) is 5.77. The molecule has 1 saturated heterocycles. The Kier molecular flexibility index (Phi) is 3.77. The topological polar surface area (TPSA) is 32.3 Å². The second-order valence-electron chi connectivity index (χ2n) is 6.00. The van der Waals surface area contributed by atoms with Crippen LogP contribution in [-0.2, 0) is 4.79 Å². The second kappa shape index (κ2) is 4.52. The van der Waals surface area contributed by atoms with Crippen LogP contribution in [0.25, 0.3) is 0 Å². The molecule has 2 atom stereocenters. The minimum Gasteiger partial charge on any atom is -0.345 e. The number of carbonyl (C=O) groups excluding carboxylic acids is 1. The smallest absolute Gasteiger partial charge is 0.227 e. The van der Waals surface area contributed by atoms with Crippen molar-refractivity contribution in [1.82, 2.24) is 10.2 Å². The number of rotatable bonds is 2. The van der Waals surface area contributed by atoms with Crippen molar-refractivity contribution < 1.29 is 4.79 Å². The van der Waals surface area contributed by atoms with Gasteiger partial charge < -0.3 is 10.2 Å². The van der Waals surface area contributed by atoms with E-state index in [9.17, 15) is 4.79 Å². The molecule has 1 rings (SSSR count). The van der Waals surface area contributed by atoms with Gasteiger partial charge in [0, 0.05) is 20.1 Å². The average Bonchev–Trinajstić information content (AvgIpc) is 2.47. The lowest BCUT2D eigenvalue weighted by atomic mass is 9.93. The van der Waals surface area contributed by atoms with Crippen molar-refractivity contribution in [3.8, 4) is 0 Å². The summed E-state index contributed by atoms with van der Waals surface area (Å²) in [5.41, 5.74) is 0.180. The molecule has 0 bridgehead atoms. The van der Waals surface area contributed by atoms with E-state index >= 15 is 0 Å². The van der Waals surface area contributed by atoms with Crippen LogP contribution in [0.4, 0.5) is 0 Å². The first kappa shape index (κ1) is 12.5. The van der Waals surface area contributed by atoms with Crippen molar-refractivity contribution in [2.45, 2.75) is 27.7 Å². The zero-order valence-corrected chi connectivity index (χ0v) is 10.6. The van der Waals surface area contributed by atoms with Crippen LogP contribution in [0.2, 0.25) is 0 Å². The highest BCUT2D eigenvalue weighted by Crippen LogP contribution is 2.21. The van der Waals surface area contributed by atoms with E-state index in [1.54, 1.807) is 0 Å². The molecular weight excluding hydrogens is 188 g/mol. The van der Waals surface area contributed by atoms with E-state index < -0.39 is 0 Å². The minimum atomic E-state index is 0.178. The number of nitrogens with zero attached hydrogens (tertiary/aromatic N) is 1. The fraction of sp³-hybridized carbons (Fsp3) is 0.917. The summed E-state index contributed by atoms with van der Waals surface area (Å²) in [6.07, 6.45) is 0. The maximum atomic E-state index is 12.1. The Hall–Kier alpha value is -0.570. The van der Waals surface area contributed by atoms with E-state index in [1.807, 2.05) is 11.9 Å². The highest BCUT2D eigenvalue weighted by molar-refractivity contribution is 5.79. The van der Waals surface area contributed by atoms with Crippen molar-refractivity contribution in [3.63, 3.8) is 0 Å². The maximum Gasteiger partial charge on any atom is 0.227 e. The van der Waals surface area contributed by atoms with Crippen molar-refractivity contribution in [2.24, 2.45) is 17.3 Å². The Morgan fingerprint density at radius 2 is 2.00 bits per heavy atom. The molecule has 1 N–H and O–H groups in total. The normalized spacial score (nSPS) is 26.7. The van der Waals surface area contributed by atoms with Gasteiger partial charge in [-0.1, -0.05) is 27.7 Å². The largest absolute Gasteiger partial charge is 0.345 e. The number of nitrogens with one attached hydrogen (secondary N) is 1. The molecule has 0 aromatic rings. The summed E-state index contributed by atoms with van der Waals surface area (Å²) in [5.74, 6) is 0.944. The number of carbonyl (C=O) groups is 1. The van der Waals surface area contributed by atoms with Gasteiger partial charge in [-0.05, 0) is 17.9 Å². The van der Waals surface area contributed by atoms with E-state index in [0.29, 0.717) is 11.8 Å². The molecule has 3 nitrogen and oxygen atoms in total. The quantitative estimate of drug-likeness (QED) is 0.749. The average molecular weight is 212 g/mol. The summed E-state index contributed by atoms with van der Waals surface area (Å²) >= 11 is 0. The summed E-state index contributed by atoms with van der Waals surface area (Å²) < 4.78 is 0. The van der Waals surface area contributed by atoms with Gasteiger partial charge in [-0.15, -0.1) is 0 Å². The molecule has 0 aromatic heterocycles. The fourth-order valence-electron chi connectivity index (χ4n) is 2.21. The third kappa shape index (κ3) is 3.49. The van der Waals surface area contributed by atoms with Crippen molar-refractivity contribution in [3.05, 3.63) is 0 Å². The Morgan fingerprint density at radius 3 is 2.40 bits per heavy atom. The summed E-state index contributed by atoms with van der Waals surface area (Å²) in [7, 11) is 1.92. The zero-order valence-electron chi connectivity index (χ0n) is 10.6. The first-order chi connectivity index (χ1) is 6.81. The molecule has 1 heterocycles. The van der Waals surface area contributed by atoms with Crippen LogP contribution in [0.15, 0.2) is 0 Å². The van der Waals surface area contributed by atoms with E-state index in [2.05, 4.69) is 33.0 Å². The molecule has 0 aliphatic carbocycles. The summed E-state index contributed by atoms with van der Waals surface area (Å²) in [6, 6.07) is 0. The summed E-state index contributed by atoms with van der Waals surface area (Å²) in [4.78, 5) is 14.0. The van der Waals surface area contributed by atoms with Gasteiger partial charge in [-0.3, -0.25) is 4.79 Å². The van der Waals surface area contributed by atoms with Gasteiger partial charge in [0.25, 0.3) is 0 Å². The lowest BCUT2D eigenvalue weighted by Gasteiger charge is -2.29. The molecule has 0 saturated carbocycles. The Balaban J connectivity index is 2.52. The first-order valence-electron chi connectivity index (χ1n) is 5.77. The summed E-state index contributed by atoms with van der Waals surface area (Å²) in [5, 5.41) is 3.27. The van der Waals surface area contributed by atoms with Crippen LogP contribution < -0.4 is 5.32 Å². The molecule has 1 amide bonds. The SMILES string of the molecule is CC1CNCC1C(=O)N(C)CC(C)(C)C. The highest BCUT2D eigenvalue weighted by atomic mass is 16.2. The molecule has 1 fully saturated rings. The molecule has 0 aromatic carbocycles. The third-order valence-corrected chi connectivity index (χ3v) is 2.92. The van der Waals surface area contributed by atoms with E-state index in [4.69, 9.17) is 0 Å². The Labute approximate surface area is 93.2 Å². The molecule has 1 aliphatic heterocycles. The van der Waals surface area contributed by atoms with Gasteiger partial charge in [-0.25, -0.2) is 0 Å². The molecule has 2 unspecified atom stereocenters. The van der Waals surface area contributed by atoms with Gasteiger partial charge >= 0.3 is 0 Å². The van der Waals surface area contributed by atoms with Crippen LogP contribution in [0.1, 0.15) is 27.7 Å². The fourth-order valence-corrected chi connectivity index (χ4v) is 2.21. The van der Waals surface area contributed by atoms with Gasteiger partial charge in [0.15, 0.2) is 0 Å². The lowest BCUT2D eigenvalue weighted by molar-refractivity contribution is -0.135. The van der Waals surface area contributed by atoms with E-state index in [-0.39, 0.29) is 11.3 Å². The van der Waals surface area contributed by atoms with Gasteiger partial charge in [0.2, 0.25) is 5.91 Å². The van der Waals surface area contributed by atoms with Crippen LogP contribution in [0.5, 0.6) is 0 Å². The van der Waals surface area contributed by atoms with Gasteiger partial charge in [0.1, 0.15) is 0 Å². The van der Waals surface area contributed by atoms with E-state index in [0.717, 1.165) is 19.6 Å². The number of amides is 1. The van der Waals surface area contributed by atoms with Gasteiger partial charge in [0.05, 0.1) is 5.92 Å². The van der Waals surface area contributed by atoms with Crippen molar-refractivity contribution in [2.75, 3.05) is 26.7 Å². The minimum absolute atomic E-state index is 0.178. The number of hydrogen-bond acceptors (Lipinski definition) is 2. The second-order valence-corrected chi connectivity index (χ2v) is 6.00. The van der Waals surface area contributed by atoms with Crippen LogP contribution in [0, 0.1) is 17.3 Å². The molecule has 3 heteroatoms. The van der Waals surface area contributed by atoms with Crippen LogP contribution in [0.3, 0.4) is 0 Å². The molecule has 88 valence electrons. The predicted molar refractivity (Wildman–Crippen MR) is 62.6 cm³/mol. The molecule has 0 radical (unpaired) electrons. The van der Waals surface area contributed by atoms with Crippen molar-refractivity contribution >= 4 is 5.91 Å². The van der Waals surface area contributed by atoms with Gasteiger partial charge in [-0.2, -0.15) is 0 Å². The molecule has 15 heavy (non-hydrogen) atoms. The zero-order chi connectivity index (χ0) is 11.6. The monoisotopic (exact) mass is 212 g/mol. The maximum absolute atomic E-state index is 12.1. The Morgan fingerprint density at radius 1 is 1.40 bits per heavy atom. The molecule has 1 aliphatic rings. The van der Waals surface area contributed by atoms with Crippen LogP contribution in [-0.4, -0.2) is 37.5 Å². The Bertz CT molecular complexity index is 232. The third-order valence-electron chi connectivity index (χ3n) is 2.92. The van der Waals surface area contributed by atoms with Crippen LogP contribution >= 0.6 is 0 Å². The molecule has 0 spiro atoms. The summed E-state index contributed by atoms with van der Waals surface area (Å²) in [6.45, 7) is 11.3. The van der Waals surface area contributed by atoms with Crippen molar-refractivity contribution in [1.29, 1.82) is 0 Å². The highest BCUT2D eigenvalue weighted by Gasteiger charge is 2.32. The lowest BCUT2D eigenvalue weighted by Crippen LogP contribution is -2.40. The predicted octanol–water partition coefficient (Wildman–Crippen LogP) is 1.35. The standard InChI is InChI=1S/C12H24N2O/c1-9-6-13-7-10(9)11(15)14(5)8-12(2,3)4/h9-10,13H,6-8H2,1-5H3. The molecular formula is C12H24N2O. The number of hydrogen-bond donors (Lipinski definition) is 1.